The van der Waals surface area contributed by atoms with E-state index in [2.05, 4.69) is 10.1 Å². The van der Waals surface area contributed by atoms with Gasteiger partial charge in [0.25, 0.3) is 0 Å². The first-order valence-corrected chi connectivity index (χ1v) is 8.70. The van der Waals surface area contributed by atoms with Crippen LogP contribution in [0.1, 0.15) is 40.8 Å². The number of hydrogen-bond acceptors (Lipinski definition) is 6. The van der Waals surface area contributed by atoms with E-state index in [-0.39, 0.29) is 29.5 Å². The van der Waals surface area contributed by atoms with Crippen LogP contribution in [0.5, 0.6) is 0 Å². The molecule has 1 aliphatic carbocycles. The van der Waals surface area contributed by atoms with Gasteiger partial charge in [-0.2, -0.15) is 4.98 Å². The quantitative estimate of drug-likeness (QED) is 0.845. The molecule has 1 fully saturated rings. The topological polar surface area (TPSA) is 93.4 Å². The number of aromatic nitrogens is 2. The molecule has 0 saturated heterocycles. The van der Waals surface area contributed by atoms with Crippen molar-refractivity contribution in [1.82, 2.24) is 10.1 Å². The fraction of sp³-hybridized carbons (Fsp3) is 0.357. The average molecular weight is 337 g/mol. The number of ketones is 1. The first-order chi connectivity index (χ1) is 10.9. The van der Waals surface area contributed by atoms with Crippen molar-refractivity contribution >= 4 is 21.5 Å². The molecule has 0 spiro atoms. The highest BCUT2D eigenvalue weighted by molar-refractivity contribution is 7.93. The Bertz CT molecular complexity index is 904. The minimum absolute atomic E-state index is 0.0470. The van der Waals surface area contributed by atoms with E-state index in [1.165, 1.54) is 6.07 Å². The minimum Gasteiger partial charge on any atom is -0.339 e. The number of hydrogen-bond donors (Lipinski definition) is 0. The molecule has 1 saturated carbocycles. The number of halogens is 1. The Labute approximate surface area is 131 Å². The summed E-state index contributed by atoms with van der Waals surface area (Å²) in [5.74, 6) is -0.923. The van der Waals surface area contributed by atoms with Crippen molar-refractivity contribution in [3.63, 3.8) is 0 Å². The zero-order chi connectivity index (χ0) is 16.2. The van der Waals surface area contributed by atoms with Crippen LogP contribution in [-0.4, -0.2) is 30.1 Å². The smallest absolute Gasteiger partial charge is 0.243 e. The van der Waals surface area contributed by atoms with Crippen molar-refractivity contribution in [1.29, 1.82) is 0 Å². The molecule has 2 heterocycles. The van der Waals surface area contributed by atoms with Crippen molar-refractivity contribution < 1.29 is 22.1 Å². The maximum absolute atomic E-state index is 13.4. The van der Waals surface area contributed by atoms with Crippen molar-refractivity contribution in [2.24, 2.45) is 0 Å². The molecule has 120 valence electrons. The predicted molar refractivity (Wildman–Crippen MR) is 77.0 cm³/mol. The normalized spacial score (nSPS) is 19.7. The van der Waals surface area contributed by atoms with Crippen LogP contribution in [0.3, 0.4) is 0 Å². The summed E-state index contributed by atoms with van der Waals surface area (Å²) in [6, 6.07) is 3.44. The van der Waals surface area contributed by atoms with Crippen LogP contribution >= 0.6 is 0 Å². The molecule has 23 heavy (non-hydrogen) atoms. The Morgan fingerprint density at radius 1 is 1.35 bits per heavy atom. The van der Waals surface area contributed by atoms with Crippen LogP contribution in [0.2, 0.25) is 0 Å². The second-order valence-electron chi connectivity index (χ2n) is 5.67. The lowest BCUT2D eigenvalue weighted by Crippen LogP contribution is -2.40. The van der Waals surface area contributed by atoms with Crippen LogP contribution in [0.15, 0.2) is 22.7 Å². The third kappa shape index (κ3) is 2.50. The summed E-state index contributed by atoms with van der Waals surface area (Å²) in [6.07, 6.45) is 1.97. The molecular formula is C14H12FN3O4S. The molecule has 9 heteroatoms. The standard InChI is InChI=1S/C14H12FN3O4S/c15-9-3-4-11-10(5-9)12(19)7-23(20,21)18(11)6-13-16-14(22-17-13)8-1-2-8/h3-5,8H,1-2,6-7H2. The summed E-state index contributed by atoms with van der Waals surface area (Å²) in [7, 11) is -3.85. The number of Topliss-reactive ketones (excluding diaryl/α,β-unsaturated/α-hetero) is 1. The van der Waals surface area contributed by atoms with E-state index in [4.69, 9.17) is 4.52 Å². The monoisotopic (exact) mass is 337 g/mol. The van der Waals surface area contributed by atoms with Gasteiger partial charge in [0.15, 0.2) is 11.6 Å². The van der Waals surface area contributed by atoms with Crippen LogP contribution < -0.4 is 4.31 Å². The van der Waals surface area contributed by atoms with Crippen molar-refractivity contribution in [2.45, 2.75) is 25.3 Å². The van der Waals surface area contributed by atoms with Gasteiger partial charge in [-0.05, 0) is 31.0 Å². The molecule has 0 atom stereocenters. The summed E-state index contributed by atoms with van der Waals surface area (Å²) in [5.41, 5.74) is 0.186. The maximum atomic E-state index is 13.4. The summed E-state index contributed by atoms with van der Waals surface area (Å²) in [4.78, 5) is 16.1. The molecule has 0 N–H and O–H groups in total. The third-order valence-corrected chi connectivity index (χ3v) is 5.50. The Kier molecular flexibility index (Phi) is 3.02. The van der Waals surface area contributed by atoms with Crippen LogP contribution in [0.4, 0.5) is 10.1 Å². The second-order valence-corrected chi connectivity index (χ2v) is 7.56. The number of nitrogens with zero attached hydrogens (tertiary/aromatic N) is 3. The lowest BCUT2D eigenvalue weighted by Gasteiger charge is -2.28. The Balaban J connectivity index is 1.73. The highest BCUT2D eigenvalue weighted by atomic mass is 32.2. The molecule has 1 aromatic heterocycles. The van der Waals surface area contributed by atoms with Gasteiger partial charge in [-0.15, -0.1) is 0 Å². The molecule has 7 nitrogen and oxygen atoms in total. The minimum atomic E-state index is -3.85. The highest BCUT2D eigenvalue weighted by Crippen LogP contribution is 2.39. The molecular weight excluding hydrogens is 325 g/mol. The average Bonchev–Trinajstić information content (AvgIpc) is 3.23. The third-order valence-electron chi connectivity index (χ3n) is 3.87. The second kappa shape index (κ2) is 4.85. The molecule has 0 radical (unpaired) electrons. The number of rotatable bonds is 3. The van der Waals surface area contributed by atoms with E-state index in [1.54, 1.807) is 0 Å². The van der Waals surface area contributed by atoms with Gasteiger partial charge in [-0.3, -0.25) is 9.10 Å². The van der Waals surface area contributed by atoms with Gasteiger partial charge in [-0.25, -0.2) is 12.8 Å². The molecule has 0 unspecified atom stereocenters. The Hall–Kier alpha value is -2.29. The molecule has 1 aliphatic heterocycles. The summed E-state index contributed by atoms with van der Waals surface area (Å²) in [6.45, 7) is -0.148. The number of carbonyl (C=O) groups excluding carboxylic acids is 1. The molecule has 2 aliphatic rings. The van der Waals surface area contributed by atoms with E-state index < -0.39 is 27.4 Å². The van der Waals surface area contributed by atoms with Gasteiger partial charge < -0.3 is 4.52 Å². The van der Waals surface area contributed by atoms with Gasteiger partial charge in [0.05, 0.1) is 12.2 Å². The fourth-order valence-corrected chi connectivity index (χ4v) is 3.97. The van der Waals surface area contributed by atoms with Gasteiger partial charge in [0.2, 0.25) is 15.9 Å². The number of benzene rings is 1. The van der Waals surface area contributed by atoms with Crippen molar-refractivity contribution in [3.8, 4) is 0 Å². The van der Waals surface area contributed by atoms with E-state index in [1.807, 2.05) is 0 Å². The van der Waals surface area contributed by atoms with E-state index in [0.29, 0.717) is 5.89 Å². The zero-order valence-corrected chi connectivity index (χ0v) is 12.7. The van der Waals surface area contributed by atoms with Crippen LogP contribution in [-0.2, 0) is 16.6 Å². The summed E-state index contributed by atoms with van der Waals surface area (Å²) < 4.78 is 44.1. The van der Waals surface area contributed by atoms with Crippen LogP contribution in [0, 0.1) is 5.82 Å². The molecule has 0 bridgehead atoms. The van der Waals surface area contributed by atoms with Gasteiger partial charge >= 0.3 is 0 Å². The molecule has 4 rings (SSSR count). The lowest BCUT2D eigenvalue weighted by atomic mass is 10.1. The number of anilines is 1. The zero-order valence-electron chi connectivity index (χ0n) is 11.9. The molecule has 0 amide bonds. The van der Waals surface area contributed by atoms with Crippen LogP contribution in [0.25, 0.3) is 0 Å². The Morgan fingerprint density at radius 3 is 2.87 bits per heavy atom. The number of fused-ring (bicyclic) bond motifs is 1. The largest absolute Gasteiger partial charge is 0.339 e. The highest BCUT2D eigenvalue weighted by Gasteiger charge is 2.36. The van der Waals surface area contributed by atoms with Crippen molar-refractivity contribution in [3.05, 3.63) is 41.3 Å². The maximum Gasteiger partial charge on any atom is 0.243 e. The van der Waals surface area contributed by atoms with Gasteiger partial charge in [0.1, 0.15) is 11.6 Å². The van der Waals surface area contributed by atoms with E-state index in [0.717, 1.165) is 29.3 Å². The molecule has 2 aromatic rings. The first kappa shape index (κ1) is 14.3. The Morgan fingerprint density at radius 2 is 2.13 bits per heavy atom. The number of sulfonamides is 1. The summed E-state index contributed by atoms with van der Waals surface area (Å²) in [5, 5.41) is 3.80. The fourth-order valence-electron chi connectivity index (χ4n) is 2.56. The molecule has 1 aromatic carbocycles. The van der Waals surface area contributed by atoms with Gasteiger partial charge in [0, 0.05) is 11.5 Å². The SMILES string of the molecule is O=C1CS(=O)(=O)N(Cc2noc(C3CC3)n2)c2ccc(F)cc21. The lowest BCUT2D eigenvalue weighted by molar-refractivity contribution is 0.101. The van der Waals surface area contributed by atoms with Gasteiger partial charge in [-0.1, -0.05) is 5.16 Å². The van der Waals surface area contributed by atoms with Crippen molar-refractivity contribution in [2.75, 3.05) is 10.1 Å². The number of carbonyl (C=O) groups is 1. The van der Waals surface area contributed by atoms with E-state index in [9.17, 15) is 17.6 Å². The van der Waals surface area contributed by atoms with E-state index >= 15 is 0 Å². The first-order valence-electron chi connectivity index (χ1n) is 7.10. The predicted octanol–water partition coefficient (Wildman–Crippen LogP) is 1.62. The summed E-state index contributed by atoms with van der Waals surface area (Å²) >= 11 is 0.